The van der Waals surface area contributed by atoms with E-state index in [1.54, 1.807) is 18.3 Å². The lowest BCUT2D eigenvalue weighted by Gasteiger charge is -2.29. The molecule has 1 fully saturated rings. The molecule has 0 saturated carbocycles. The van der Waals surface area contributed by atoms with Gasteiger partial charge < -0.3 is 20.9 Å². The minimum Gasteiger partial charge on any atom is -0.369 e. The van der Waals surface area contributed by atoms with Crippen LogP contribution in [-0.4, -0.2) is 42.4 Å². The molecule has 1 aliphatic rings. The molecule has 1 aliphatic heterocycles. The molecule has 124 valence electrons. The topological polar surface area (TPSA) is 76.9 Å². The van der Waals surface area contributed by atoms with Gasteiger partial charge in [0.1, 0.15) is 5.82 Å². The third-order valence-electron chi connectivity index (χ3n) is 3.70. The first-order valence-corrected chi connectivity index (χ1v) is 8.60. The predicted molar refractivity (Wildman–Crippen MR) is 102 cm³/mol. The minimum absolute atomic E-state index is 0.756. The molecule has 0 unspecified atom stereocenters. The number of allylic oxidation sites excluding steroid dienone is 3. The summed E-state index contributed by atoms with van der Waals surface area (Å²) in [4.78, 5) is 12.0. The van der Waals surface area contributed by atoms with Gasteiger partial charge in [0.25, 0.3) is 0 Å². The van der Waals surface area contributed by atoms with Gasteiger partial charge in [-0.25, -0.2) is 9.97 Å². The van der Waals surface area contributed by atoms with Crippen LogP contribution >= 0.6 is 11.3 Å². The zero-order valence-corrected chi connectivity index (χ0v) is 14.1. The van der Waals surface area contributed by atoms with Crippen LogP contribution in [0.1, 0.15) is 4.88 Å². The summed E-state index contributed by atoms with van der Waals surface area (Å²) in [6, 6.07) is 4.08. The van der Waals surface area contributed by atoms with Crippen molar-refractivity contribution < 1.29 is 0 Å². The quantitative estimate of drug-likeness (QED) is 0.557. The summed E-state index contributed by atoms with van der Waals surface area (Å²) in [5.74, 6) is 0.774. The molecular formula is C17H20N6S. The Morgan fingerprint density at radius 2 is 2.21 bits per heavy atom. The highest BCUT2D eigenvalue weighted by molar-refractivity contribution is 7.17. The SMILES string of the molecule is C=C/C=C(\C=N)c1cnc(Nc2cc(N3CCNCC3)ccn2)s1. The van der Waals surface area contributed by atoms with Crippen LogP contribution in [0.5, 0.6) is 0 Å². The van der Waals surface area contributed by atoms with E-state index in [1.165, 1.54) is 17.6 Å². The summed E-state index contributed by atoms with van der Waals surface area (Å²) in [6.07, 6.45) is 8.35. The van der Waals surface area contributed by atoms with E-state index in [9.17, 15) is 0 Å². The van der Waals surface area contributed by atoms with Gasteiger partial charge in [-0.3, -0.25) is 0 Å². The third-order valence-corrected chi connectivity index (χ3v) is 4.67. The number of anilines is 3. The second-order valence-electron chi connectivity index (χ2n) is 5.29. The van der Waals surface area contributed by atoms with Gasteiger partial charge in [-0.05, 0) is 6.07 Å². The van der Waals surface area contributed by atoms with Crippen molar-refractivity contribution in [2.45, 2.75) is 0 Å². The van der Waals surface area contributed by atoms with E-state index in [2.05, 4.69) is 32.1 Å². The first-order chi connectivity index (χ1) is 11.8. The average molecular weight is 340 g/mol. The van der Waals surface area contributed by atoms with Crippen LogP contribution in [0.2, 0.25) is 0 Å². The first kappa shape index (κ1) is 16.4. The van der Waals surface area contributed by atoms with Gasteiger partial charge in [0.15, 0.2) is 5.13 Å². The molecule has 24 heavy (non-hydrogen) atoms. The predicted octanol–water partition coefficient (Wildman–Crippen LogP) is 2.91. The second kappa shape index (κ2) is 7.85. The molecule has 0 radical (unpaired) electrons. The molecule has 3 rings (SSSR count). The van der Waals surface area contributed by atoms with E-state index in [-0.39, 0.29) is 0 Å². The van der Waals surface area contributed by atoms with Crippen LogP contribution in [0.15, 0.2) is 43.3 Å². The maximum absolute atomic E-state index is 7.47. The number of rotatable bonds is 6. The number of piperazine rings is 1. The van der Waals surface area contributed by atoms with Crippen molar-refractivity contribution in [2.24, 2.45) is 0 Å². The lowest BCUT2D eigenvalue weighted by Crippen LogP contribution is -2.43. The summed E-state index contributed by atoms with van der Waals surface area (Å²) < 4.78 is 0. The summed E-state index contributed by atoms with van der Waals surface area (Å²) in [6.45, 7) is 7.68. The van der Waals surface area contributed by atoms with E-state index in [4.69, 9.17) is 5.41 Å². The fourth-order valence-electron chi connectivity index (χ4n) is 2.51. The zero-order valence-electron chi connectivity index (χ0n) is 13.3. The van der Waals surface area contributed by atoms with E-state index >= 15 is 0 Å². The Morgan fingerprint density at radius 1 is 1.38 bits per heavy atom. The van der Waals surface area contributed by atoms with Crippen LogP contribution in [0.3, 0.4) is 0 Å². The Hall–Kier alpha value is -2.51. The minimum atomic E-state index is 0.756. The number of nitrogens with one attached hydrogen (secondary N) is 3. The zero-order chi connectivity index (χ0) is 16.8. The Balaban J connectivity index is 1.74. The number of pyridine rings is 1. The summed E-state index contributed by atoms with van der Waals surface area (Å²) in [5.41, 5.74) is 1.95. The Labute approximate surface area is 145 Å². The molecule has 0 bridgehead atoms. The lowest BCUT2D eigenvalue weighted by atomic mass is 10.2. The number of hydrogen-bond donors (Lipinski definition) is 3. The normalized spacial score (nSPS) is 15.2. The van der Waals surface area contributed by atoms with Crippen LogP contribution in [-0.2, 0) is 0 Å². The summed E-state index contributed by atoms with van der Waals surface area (Å²) >= 11 is 1.49. The molecule has 0 spiro atoms. The van der Waals surface area contributed by atoms with Crippen molar-refractivity contribution in [1.29, 1.82) is 5.41 Å². The fourth-order valence-corrected chi connectivity index (χ4v) is 3.33. The molecule has 6 nitrogen and oxygen atoms in total. The summed E-state index contributed by atoms with van der Waals surface area (Å²) in [7, 11) is 0. The van der Waals surface area contributed by atoms with E-state index < -0.39 is 0 Å². The highest BCUT2D eigenvalue weighted by Crippen LogP contribution is 2.27. The fraction of sp³-hybridized carbons (Fsp3) is 0.235. The van der Waals surface area contributed by atoms with Gasteiger partial charge in [0.05, 0.1) is 4.88 Å². The highest BCUT2D eigenvalue weighted by Gasteiger charge is 2.12. The maximum Gasteiger partial charge on any atom is 0.188 e. The van der Waals surface area contributed by atoms with Crippen molar-refractivity contribution in [1.82, 2.24) is 15.3 Å². The van der Waals surface area contributed by atoms with Crippen molar-refractivity contribution in [2.75, 3.05) is 36.4 Å². The molecule has 0 aliphatic carbocycles. The van der Waals surface area contributed by atoms with Gasteiger partial charge >= 0.3 is 0 Å². The molecule has 7 heteroatoms. The Bertz CT molecular complexity index is 745. The van der Waals surface area contributed by atoms with E-state index in [0.29, 0.717) is 0 Å². The van der Waals surface area contributed by atoms with E-state index in [0.717, 1.165) is 53.3 Å². The van der Waals surface area contributed by atoms with Gasteiger partial charge in [0.2, 0.25) is 0 Å². The summed E-state index contributed by atoms with van der Waals surface area (Å²) in [5, 5.41) is 14.8. The first-order valence-electron chi connectivity index (χ1n) is 7.78. The molecule has 0 amide bonds. The number of hydrogen-bond acceptors (Lipinski definition) is 7. The van der Waals surface area contributed by atoms with Crippen molar-refractivity contribution in [3.05, 3.63) is 48.1 Å². The molecule has 0 aromatic carbocycles. The Morgan fingerprint density at radius 3 is 2.96 bits per heavy atom. The lowest BCUT2D eigenvalue weighted by molar-refractivity contribution is 0.589. The Kier molecular flexibility index (Phi) is 5.35. The van der Waals surface area contributed by atoms with Crippen LogP contribution in [0, 0.1) is 5.41 Å². The molecule has 3 N–H and O–H groups in total. The highest BCUT2D eigenvalue weighted by atomic mass is 32.1. The molecule has 2 aromatic rings. The van der Waals surface area contributed by atoms with Crippen LogP contribution < -0.4 is 15.5 Å². The van der Waals surface area contributed by atoms with E-state index in [1.807, 2.05) is 18.3 Å². The smallest absolute Gasteiger partial charge is 0.188 e. The number of thiazole rings is 1. The third kappa shape index (κ3) is 3.87. The molecular weight excluding hydrogens is 320 g/mol. The second-order valence-corrected chi connectivity index (χ2v) is 6.32. The van der Waals surface area contributed by atoms with Crippen LogP contribution in [0.25, 0.3) is 5.57 Å². The van der Waals surface area contributed by atoms with Crippen molar-refractivity contribution >= 4 is 39.8 Å². The molecule has 3 heterocycles. The average Bonchev–Trinajstić information content (AvgIpc) is 3.09. The molecule has 0 atom stereocenters. The van der Waals surface area contributed by atoms with Crippen molar-refractivity contribution in [3.8, 4) is 0 Å². The molecule has 1 saturated heterocycles. The number of nitrogens with zero attached hydrogens (tertiary/aromatic N) is 3. The van der Waals surface area contributed by atoms with Gasteiger partial charge in [0, 0.05) is 62.1 Å². The van der Waals surface area contributed by atoms with Gasteiger partial charge in [-0.1, -0.05) is 30.1 Å². The van der Waals surface area contributed by atoms with Gasteiger partial charge in [-0.15, -0.1) is 0 Å². The largest absolute Gasteiger partial charge is 0.369 e. The maximum atomic E-state index is 7.47. The molecule has 2 aromatic heterocycles. The number of aromatic nitrogens is 2. The standard InChI is InChI=1S/C17H20N6S/c1-2-3-13(11-18)15-12-21-17(24-15)22-16-10-14(4-5-20-16)23-8-6-19-7-9-23/h2-5,10-12,18-19H,1,6-9H2,(H,20,21,22)/b13-3+,18-11?. The van der Waals surface area contributed by atoms with Crippen molar-refractivity contribution in [3.63, 3.8) is 0 Å². The van der Waals surface area contributed by atoms with Gasteiger partial charge in [-0.2, -0.15) is 0 Å². The van der Waals surface area contributed by atoms with Crippen LogP contribution in [0.4, 0.5) is 16.6 Å². The monoisotopic (exact) mass is 340 g/mol.